The second-order valence-corrected chi connectivity index (χ2v) is 1.26. The predicted molar refractivity (Wildman–Crippen MR) is 25.7 cm³/mol. The summed E-state index contributed by atoms with van der Waals surface area (Å²) in [5.41, 5.74) is -0.521. The van der Waals surface area contributed by atoms with Gasteiger partial charge in [0.25, 0.3) is 0 Å². The zero-order valence-corrected chi connectivity index (χ0v) is 5.44. The molecular weight excluding hydrogens is 164 g/mol. The molecule has 0 bridgehead atoms. The molecule has 0 atom stereocenters. The maximum atomic E-state index is 10.3. The molecule has 1 aromatic rings. The van der Waals surface area contributed by atoms with Crippen LogP contribution in [0.25, 0.3) is 0 Å². The van der Waals surface area contributed by atoms with Crippen LogP contribution in [0.1, 0.15) is 0 Å². The SMILES string of the molecule is O=c1cnccn1O.[Fe+2]. The molecule has 0 spiro atoms. The molecule has 0 fully saturated rings. The summed E-state index contributed by atoms with van der Waals surface area (Å²) < 4.78 is 0.465. The van der Waals surface area contributed by atoms with Crippen LogP contribution in [0.4, 0.5) is 0 Å². The Hall–Kier alpha value is -0.801. The van der Waals surface area contributed by atoms with Gasteiger partial charge in [0.15, 0.2) is 0 Å². The summed E-state index contributed by atoms with van der Waals surface area (Å²) in [5, 5.41) is 8.48. The molecule has 0 saturated heterocycles. The maximum Gasteiger partial charge on any atom is 2.00 e. The third kappa shape index (κ3) is 1.87. The van der Waals surface area contributed by atoms with Crippen molar-refractivity contribution < 1.29 is 22.3 Å². The van der Waals surface area contributed by atoms with Gasteiger partial charge in [-0.25, -0.2) is 0 Å². The molecule has 0 aliphatic rings. The molecule has 0 aliphatic heterocycles. The Kier molecular flexibility index (Phi) is 2.98. The van der Waals surface area contributed by atoms with Gasteiger partial charge in [-0.3, -0.25) is 9.78 Å². The van der Waals surface area contributed by atoms with Crippen LogP contribution < -0.4 is 5.56 Å². The minimum Gasteiger partial charge on any atom is -0.425 e. The van der Waals surface area contributed by atoms with Crippen molar-refractivity contribution >= 4 is 0 Å². The molecule has 1 aromatic heterocycles. The fourth-order valence-corrected chi connectivity index (χ4v) is 0.341. The molecule has 0 aromatic carbocycles. The largest absolute Gasteiger partial charge is 2.00 e. The third-order valence-electron chi connectivity index (χ3n) is 0.705. The van der Waals surface area contributed by atoms with E-state index < -0.39 is 5.56 Å². The van der Waals surface area contributed by atoms with Crippen molar-refractivity contribution in [3.05, 3.63) is 28.9 Å². The number of aromatic nitrogens is 2. The molecule has 1 N–H and O–H groups in total. The van der Waals surface area contributed by atoms with Crippen LogP contribution in [0.2, 0.25) is 0 Å². The Balaban J connectivity index is 0.000000640. The van der Waals surface area contributed by atoms with Gasteiger partial charge in [-0.15, -0.1) is 0 Å². The molecule has 0 amide bonds. The number of hydrogen-bond donors (Lipinski definition) is 1. The van der Waals surface area contributed by atoms with Crippen LogP contribution in [0.3, 0.4) is 0 Å². The second-order valence-electron chi connectivity index (χ2n) is 1.26. The molecule has 0 unspecified atom stereocenters. The van der Waals surface area contributed by atoms with Crippen molar-refractivity contribution in [2.75, 3.05) is 0 Å². The fraction of sp³-hybridized carbons (Fsp3) is 0. The smallest absolute Gasteiger partial charge is 0.425 e. The van der Waals surface area contributed by atoms with E-state index in [1.807, 2.05) is 0 Å². The Morgan fingerprint density at radius 3 is 2.67 bits per heavy atom. The Morgan fingerprint density at radius 1 is 1.67 bits per heavy atom. The van der Waals surface area contributed by atoms with Gasteiger partial charge < -0.3 is 5.21 Å². The van der Waals surface area contributed by atoms with Gasteiger partial charge >= 0.3 is 22.6 Å². The first-order valence-electron chi connectivity index (χ1n) is 2.02. The zero-order valence-electron chi connectivity index (χ0n) is 4.34. The van der Waals surface area contributed by atoms with Gasteiger partial charge in [0.2, 0.25) is 0 Å². The second kappa shape index (κ2) is 3.27. The molecular formula is C4H4FeN2O2+2. The van der Waals surface area contributed by atoms with E-state index in [4.69, 9.17) is 5.21 Å². The summed E-state index contributed by atoms with van der Waals surface area (Å²) in [7, 11) is 0. The molecule has 48 valence electrons. The fourth-order valence-electron chi connectivity index (χ4n) is 0.341. The number of hydrogen-bond acceptors (Lipinski definition) is 3. The summed E-state index contributed by atoms with van der Waals surface area (Å²) in [5.74, 6) is 0. The average Bonchev–Trinajstić information content (AvgIpc) is 1.77. The Labute approximate surface area is 61.6 Å². The molecule has 1 rings (SSSR count). The topological polar surface area (TPSA) is 55.1 Å². The van der Waals surface area contributed by atoms with Crippen molar-refractivity contribution in [1.82, 2.24) is 9.71 Å². The van der Waals surface area contributed by atoms with Crippen molar-refractivity contribution in [3.8, 4) is 0 Å². The zero-order chi connectivity index (χ0) is 5.98. The van der Waals surface area contributed by atoms with Gasteiger partial charge in [0, 0.05) is 6.20 Å². The summed E-state index contributed by atoms with van der Waals surface area (Å²) in [6.07, 6.45) is 3.52. The maximum absolute atomic E-state index is 10.3. The molecule has 0 radical (unpaired) electrons. The molecule has 5 heteroatoms. The molecule has 4 nitrogen and oxygen atoms in total. The van der Waals surface area contributed by atoms with Crippen LogP contribution in [0.15, 0.2) is 23.4 Å². The van der Waals surface area contributed by atoms with Gasteiger partial charge in [-0.05, 0) is 0 Å². The van der Waals surface area contributed by atoms with Gasteiger partial charge in [-0.2, -0.15) is 4.73 Å². The minimum absolute atomic E-state index is 0. The van der Waals surface area contributed by atoms with Crippen molar-refractivity contribution in [1.29, 1.82) is 0 Å². The summed E-state index contributed by atoms with van der Waals surface area (Å²) in [4.78, 5) is 13.7. The van der Waals surface area contributed by atoms with Crippen LogP contribution in [0, 0.1) is 0 Å². The van der Waals surface area contributed by atoms with Crippen molar-refractivity contribution in [3.63, 3.8) is 0 Å². The first-order chi connectivity index (χ1) is 3.80. The molecule has 0 saturated carbocycles. The summed E-state index contributed by atoms with van der Waals surface area (Å²) in [6.45, 7) is 0. The van der Waals surface area contributed by atoms with Crippen LogP contribution in [-0.4, -0.2) is 14.9 Å². The van der Waals surface area contributed by atoms with E-state index in [2.05, 4.69) is 4.98 Å². The number of rotatable bonds is 0. The van der Waals surface area contributed by atoms with E-state index in [-0.39, 0.29) is 17.1 Å². The summed E-state index contributed by atoms with van der Waals surface area (Å²) in [6, 6.07) is 0. The van der Waals surface area contributed by atoms with Gasteiger partial charge in [-0.1, -0.05) is 0 Å². The van der Waals surface area contributed by atoms with E-state index in [0.29, 0.717) is 4.73 Å². The van der Waals surface area contributed by atoms with E-state index in [9.17, 15) is 4.79 Å². The quantitative estimate of drug-likeness (QED) is 0.418. The van der Waals surface area contributed by atoms with Crippen LogP contribution >= 0.6 is 0 Å². The van der Waals surface area contributed by atoms with Gasteiger partial charge in [0.05, 0.1) is 12.4 Å². The van der Waals surface area contributed by atoms with E-state index >= 15 is 0 Å². The molecule has 0 aliphatic carbocycles. The first-order valence-corrected chi connectivity index (χ1v) is 2.02. The van der Waals surface area contributed by atoms with Gasteiger partial charge in [0.1, 0.15) is 0 Å². The third-order valence-corrected chi connectivity index (χ3v) is 0.705. The van der Waals surface area contributed by atoms with E-state index in [0.717, 1.165) is 6.20 Å². The first kappa shape index (κ1) is 8.20. The monoisotopic (exact) mass is 168 g/mol. The normalized spacial score (nSPS) is 8.00. The summed E-state index contributed by atoms with van der Waals surface area (Å²) >= 11 is 0. The molecule has 9 heavy (non-hydrogen) atoms. The molecule has 1 heterocycles. The Morgan fingerprint density at radius 2 is 2.33 bits per heavy atom. The van der Waals surface area contributed by atoms with Crippen LogP contribution in [-0.2, 0) is 17.1 Å². The number of nitrogens with zero attached hydrogens (tertiary/aromatic N) is 2. The van der Waals surface area contributed by atoms with E-state index in [1.54, 1.807) is 0 Å². The minimum atomic E-state index is -0.521. The van der Waals surface area contributed by atoms with Crippen LogP contribution in [0.5, 0.6) is 0 Å². The standard InChI is InChI=1S/C4H4N2O2.Fe/c7-4-3-5-1-2-6(4)8;/h1-3,8H;/q;+2. The van der Waals surface area contributed by atoms with E-state index in [1.165, 1.54) is 12.4 Å². The Bertz CT molecular complexity index is 234. The van der Waals surface area contributed by atoms with Crippen molar-refractivity contribution in [2.45, 2.75) is 0 Å². The average molecular weight is 168 g/mol. The van der Waals surface area contributed by atoms with Crippen molar-refractivity contribution in [2.24, 2.45) is 0 Å². The predicted octanol–water partition coefficient (Wildman–Crippen LogP) is -0.522.